The fraction of sp³-hybridized carbons (Fsp3) is 0.143. The molecule has 0 spiro atoms. The zero-order valence-electron chi connectivity index (χ0n) is 14.8. The number of nitriles is 1. The Kier molecular flexibility index (Phi) is 3.71. The van der Waals surface area contributed by atoms with Gasteiger partial charge < -0.3 is 5.73 Å². The molecule has 0 unspecified atom stereocenters. The van der Waals surface area contributed by atoms with Crippen LogP contribution in [0.1, 0.15) is 29.8 Å². The van der Waals surface area contributed by atoms with Crippen LogP contribution in [0.2, 0.25) is 0 Å². The molecule has 1 saturated carbocycles. The Bertz CT molecular complexity index is 1250. The van der Waals surface area contributed by atoms with Gasteiger partial charge in [0.2, 0.25) is 5.95 Å². The number of hydrogen-bond acceptors (Lipinski definition) is 5. The molecule has 1 aliphatic rings. The molecule has 0 saturated heterocycles. The number of nitrogens with zero attached hydrogens (tertiary/aromatic N) is 5. The van der Waals surface area contributed by atoms with Crippen LogP contribution in [0.25, 0.3) is 16.9 Å². The smallest absolute Gasteiger partial charge is 0.223 e. The summed E-state index contributed by atoms with van der Waals surface area (Å²) in [7, 11) is 0. The van der Waals surface area contributed by atoms with Crippen LogP contribution in [0.4, 0.5) is 5.95 Å². The highest BCUT2D eigenvalue weighted by Crippen LogP contribution is 2.52. The molecule has 0 aliphatic heterocycles. The van der Waals surface area contributed by atoms with Crippen molar-refractivity contribution in [2.24, 2.45) is 0 Å². The van der Waals surface area contributed by atoms with Crippen molar-refractivity contribution < 1.29 is 0 Å². The predicted octanol–water partition coefficient (Wildman–Crippen LogP) is 4.09. The van der Waals surface area contributed by atoms with Crippen LogP contribution in [0, 0.1) is 11.3 Å². The van der Waals surface area contributed by atoms with Gasteiger partial charge in [0.05, 0.1) is 27.2 Å². The molecule has 2 aromatic heterocycles. The highest BCUT2D eigenvalue weighted by Gasteiger charge is 2.49. The lowest BCUT2D eigenvalue weighted by Gasteiger charge is -2.10. The Morgan fingerprint density at radius 1 is 1.07 bits per heavy atom. The molecular formula is C21H15BrN6. The van der Waals surface area contributed by atoms with Crippen molar-refractivity contribution in [1.29, 1.82) is 5.26 Å². The quantitative estimate of drug-likeness (QED) is 0.528. The van der Waals surface area contributed by atoms with Gasteiger partial charge in [0, 0.05) is 5.56 Å². The van der Waals surface area contributed by atoms with E-state index in [1.165, 1.54) is 5.56 Å². The van der Waals surface area contributed by atoms with Crippen molar-refractivity contribution in [3.05, 3.63) is 76.0 Å². The van der Waals surface area contributed by atoms with E-state index in [2.05, 4.69) is 44.2 Å². The molecule has 28 heavy (non-hydrogen) atoms. The maximum absolute atomic E-state index is 9.18. The summed E-state index contributed by atoms with van der Waals surface area (Å²) in [6, 6.07) is 19.7. The van der Waals surface area contributed by atoms with Gasteiger partial charge in [-0.15, -0.1) is 5.10 Å². The van der Waals surface area contributed by atoms with E-state index in [0.29, 0.717) is 21.4 Å². The van der Waals surface area contributed by atoms with Crippen LogP contribution in [-0.4, -0.2) is 19.6 Å². The van der Waals surface area contributed by atoms with Crippen molar-refractivity contribution >= 4 is 27.5 Å². The number of aromatic nitrogens is 4. The normalized spacial score (nSPS) is 14.7. The third-order valence-corrected chi connectivity index (χ3v) is 5.95. The summed E-state index contributed by atoms with van der Waals surface area (Å²) in [6.45, 7) is 0. The van der Waals surface area contributed by atoms with Gasteiger partial charge in [-0.3, -0.25) is 0 Å². The van der Waals surface area contributed by atoms with Crippen LogP contribution in [0.3, 0.4) is 0 Å². The van der Waals surface area contributed by atoms with Crippen LogP contribution in [-0.2, 0) is 5.41 Å². The summed E-state index contributed by atoms with van der Waals surface area (Å²) in [6.07, 6.45) is 2.02. The number of fused-ring (bicyclic) bond motifs is 1. The zero-order valence-corrected chi connectivity index (χ0v) is 16.4. The first-order chi connectivity index (χ1) is 13.6. The third-order valence-electron chi connectivity index (χ3n) is 5.22. The maximum Gasteiger partial charge on any atom is 0.223 e. The standard InChI is InChI=1S/C21H15BrN6/c22-16-17(14-6-4-5-13(11-14)12-23)25-20(24)28-18(16)26-19(27-28)21(9-10-21)15-7-2-1-3-8-15/h1-8,11H,9-10H2,(H2,24,25). The van der Waals surface area contributed by atoms with Crippen LogP contribution in [0.15, 0.2) is 59.1 Å². The maximum atomic E-state index is 9.18. The molecule has 4 aromatic rings. The van der Waals surface area contributed by atoms with Gasteiger partial charge in [-0.1, -0.05) is 42.5 Å². The number of nitrogens with two attached hydrogens (primary N) is 1. The second-order valence-corrected chi connectivity index (χ2v) is 7.74. The average molecular weight is 431 g/mol. The number of halogens is 1. The summed E-state index contributed by atoms with van der Waals surface area (Å²) in [5, 5.41) is 13.9. The molecule has 2 N–H and O–H groups in total. The number of nitrogen functional groups attached to an aromatic ring is 1. The molecule has 0 atom stereocenters. The SMILES string of the molecule is N#Cc1cccc(-c2nc(N)n3nc(C4(c5ccccc5)CC4)nc3c2Br)c1. The lowest BCUT2D eigenvalue weighted by atomic mass is 9.95. The molecule has 1 fully saturated rings. The summed E-state index contributed by atoms with van der Waals surface area (Å²) < 4.78 is 2.29. The topological polar surface area (TPSA) is 92.9 Å². The first-order valence-corrected chi connectivity index (χ1v) is 9.70. The molecule has 5 rings (SSSR count). The molecule has 1 aliphatic carbocycles. The van der Waals surface area contributed by atoms with Gasteiger partial charge in [0.15, 0.2) is 11.5 Å². The highest BCUT2D eigenvalue weighted by molar-refractivity contribution is 9.10. The first-order valence-electron chi connectivity index (χ1n) is 8.91. The van der Waals surface area contributed by atoms with E-state index in [1.54, 1.807) is 16.6 Å². The van der Waals surface area contributed by atoms with Crippen molar-refractivity contribution in [1.82, 2.24) is 19.6 Å². The third kappa shape index (κ3) is 2.49. The monoisotopic (exact) mass is 430 g/mol. The van der Waals surface area contributed by atoms with Crippen molar-refractivity contribution in [3.63, 3.8) is 0 Å². The second-order valence-electron chi connectivity index (χ2n) is 6.94. The molecule has 0 amide bonds. The minimum absolute atomic E-state index is 0.153. The Morgan fingerprint density at radius 2 is 1.86 bits per heavy atom. The van der Waals surface area contributed by atoms with E-state index in [1.807, 2.05) is 30.3 Å². The largest absolute Gasteiger partial charge is 0.368 e. The van der Waals surface area contributed by atoms with E-state index in [4.69, 9.17) is 10.7 Å². The van der Waals surface area contributed by atoms with Gasteiger partial charge in [0.1, 0.15) is 0 Å². The lowest BCUT2D eigenvalue weighted by Crippen LogP contribution is -2.11. The Hall–Kier alpha value is -3.24. The summed E-state index contributed by atoms with van der Waals surface area (Å²) in [4.78, 5) is 9.35. The van der Waals surface area contributed by atoms with Crippen molar-refractivity contribution in [2.75, 3.05) is 5.73 Å². The predicted molar refractivity (Wildman–Crippen MR) is 110 cm³/mol. The molecule has 2 heterocycles. The minimum atomic E-state index is -0.153. The van der Waals surface area contributed by atoms with E-state index in [0.717, 1.165) is 24.2 Å². The van der Waals surface area contributed by atoms with Gasteiger partial charge in [-0.2, -0.15) is 9.78 Å². The molecule has 7 heteroatoms. The molecule has 136 valence electrons. The van der Waals surface area contributed by atoms with E-state index < -0.39 is 0 Å². The fourth-order valence-corrected chi connectivity index (χ4v) is 4.16. The van der Waals surface area contributed by atoms with E-state index >= 15 is 0 Å². The highest BCUT2D eigenvalue weighted by atomic mass is 79.9. The number of anilines is 1. The van der Waals surface area contributed by atoms with Crippen LogP contribution in [0.5, 0.6) is 0 Å². The average Bonchev–Trinajstić information content (AvgIpc) is 3.42. The summed E-state index contributed by atoms with van der Waals surface area (Å²) >= 11 is 3.63. The van der Waals surface area contributed by atoms with Gasteiger partial charge in [-0.05, 0) is 46.5 Å². The van der Waals surface area contributed by atoms with Gasteiger partial charge in [0.25, 0.3) is 0 Å². The molecule has 2 aromatic carbocycles. The van der Waals surface area contributed by atoms with Crippen molar-refractivity contribution in [2.45, 2.75) is 18.3 Å². The Morgan fingerprint density at radius 3 is 2.57 bits per heavy atom. The number of hydrogen-bond donors (Lipinski definition) is 1. The van der Waals surface area contributed by atoms with Crippen LogP contribution >= 0.6 is 15.9 Å². The molecular weight excluding hydrogens is 416 g/mol. The summed E-state index contributed by atoms with van der Waals surface area (Å²) in [5.41, 5.74) is 9.91. The lowest BCUT2D eigenvalue weighted by molar-refractivity contribution is 0.747. The Labute approximate surface area is 169 Å². The van der Waals surface area contributed by atoms with E-state index in [-0.39, 0.29) is 11.4 Å². The fourth-order valence-electron chi connectivity index (χ4n) is 3.58. The van der Waals surface area contributed by atoms with Crippen molar-refractivity contribution in [3.8, 4) is 17.3 Å². The Balaban J connectivity index is 1.68. The van der Waals surface area contributed by atoms with Crippen LogP contribution < -0.4 is 5.73 Å². The van der Waals surface area contributed by atoms with Gasteiger partial charge >= 0.3 is 0 Å². The number of rotatable bonds is 3. The van der Waals surface area contributed by atoms with Gasteiger partial charge in [-0.25, -0.2) is 9.97 Å². The molecule has 6 nitrogen and oxygen atoms in total. The zero-order chi connectivity index (χ0) is 19.3. The first kappa shape index (κ1) is 16.9. The molecule has 0 radical (unpaired) electrons. The second kappa shape index (κ2) is 6.14. The minimum Gasteiger partial charge on any atom is -0.368 e. The summed E-state index contributed by atoms with van der Waals surface area (Å²) in [5.74, 6) is 1.02. The number of benzene rings is 2. The van der Waals surface area contributed by atoms with E-state index in [9.17, 15) is 5.26 Å². The molecule has 0 bridgehead atoms.